The third-order valence-electron chi connectivity index (χ3n) is 11.5. The van der Waals surface area contributed by atoms with Gasteiger partial charge in [-0.3, -0.25) is 19.2 Å². The zero-order valence-corrected chi connectivity index (χ0v) is 33.6. The average molecular weight is 744 g/mol. The Labute approximate surface area is 316 Å². The van der Waals surface area contributed by atoms with Crippen LogP contribution in [0.1, 0.15) is 79.7 Å². The van der Waals surface area contributed by atoms with Gasteiger partial charge < -0.3 is 40.3 Å². The fourth-order valence-electron chi connectivity index (χ4n) is 8.10. The number of carbonyl (C=O) groups excluding carboxylic acids is 4. The molecule has 0 bridgehead atoms. The molecule has 1 aliphatic carbocycles. The number of carboxylic acids is 1. The SMILES string of the molecule is CC[C@H](C)[C@@H]([C@@H](CC(=O)N1[C@H](C(OC)[C@@H](C)C(=O)N[C@@H](Cc2ccccc2)C(=O)O)C[C@@H]2C[C@@H]21)OC)N(C)C(=O)[C@@H](NC(=O)[C@@H](NC)C(C)C)C(C)C. The van der Waals surface area contributed by atoms with E-state index in [0.29, 0.717) is 12.3 Å². The van der Waals surface area contributed by atoms with Crippen LogP contribution in [0, 0.1) is 29.6 Å². The van der Waals surface area contributed by atoms with E-state index in [0.717, 1.165) is 18.4 Å². The summed E-state index contributed by atoms with van der Waals surface area (Å²) in [5, 5.41) is 18.6. The summed E-state index contributed by atoms with van der Waals surface area (Å²) in [5.74, 6) is -2.89. The summed E-state index contributed by atoms with van der Waals surface area (Å²) < 4.78 is 12.0. The summed E-state index contributed by atoms with van der Waals surface area (Å²) >= 11 is 0. The van der Waals surface area contributed by atoms with Crippen molar-refractivity contribution in [3.05, 3.63) is 35.9 Å². The maximum Gasteiger partial charge on any atom is 0.326 e. The van der Waals surface area contributed by atoms with Crippen molar-refractivity contribution in [2.24, 2.45) is 29.6 Å². The van der Waals surface area contributed by atoms with Gasteiger partial charge in [0.25, 0.3) is 0 Å². The lowest BCUT2D eigenvalue weighted by atomic mass is 9.89. The normalized spacial score (nSPS) is 22.5. The molecule has 1 aliphatic heterocycles. The molecule has 1 saturated heterocycles. The fraction of sp³-hybridized carbons (Fsp3) is 0.725. The number of piperidine rings is 1. The molecule has 3 rings (SSSR count). The van der Waals surface area contributed by atoms with Crippen molar-refractivity contribution in [1.29, 1.82) is 0 Å². The van der Waals surface area contributed by atoms with E-state index in [2.05, 4.69) is 16.0 Å². The molecule has 1 heterocycles. The van der Waals surface area contributed by atoms with Crippen LogP contribution in [0.15, 0.2) is 30.3 Å². The molecule has 1 aromatic carbocycles. The highest BCUT2D eigenvalue weighted by atomic mass is 16.5. The first-order chi connectivity index (χ1) is 25.0. The number of rotatable bonds is 21. The van der Waals surface area contributed by atoms with Gasteiger partial charge in [0.1, 0.15) is 12.1 Å². The van der Waals surface area contributed by atoms with Crippen LogP contribution in [-0.4, -0.2) is 121 Å². The Morgan fingerprint density at radius 3 is 2.04 bits per heavy atom. The van der Waals surface area contributed by atoms with Crippen molar-refractivity contribution in [3.63, 3.8) is 0 Å². The number of nitrogens with zero attached hydrogens (tertiary/aromatic N) is 2. The van der Waals surface area contributed by atoms with Crippen LogP contribution in [-0.2, 0) is 39.9 Å². The van der Waals surface area contributed by atoms with Crippen molar-refractivity contribution in [2.45, 2.75) is 129 Å². The third-order valence-corrected chi connectivity index (χ3v) is 11.5. The Balaban J connectivity index is 1.80. The van der Waals surface area contributed by atoms with Crippen LogP contribution in [0.4, 0.5) is 0 Å². The van der Waals surface area contributed by atoms with Gasteiger partial charge in [-0.15, -0.1) is 0 Å². The van der Waals surface area contributed by atoms with Crippen molar-refractivity contribution < 1.29 is 38.6 Å². The highest BCUT2D eigenvalue weighted by Crippen LogP contribution is 2.50. The van der Waals surface area contributed by atoms with Gasteiger partial charge in [-0.25, -0.2) is 4.79 Å². The molecule has 1 saturated carbocycles. The number of nitrogens with one attached hydrogen (secondary N) is 3. The lowest BCUT2D eigenvalue weighted by Gasteiger charge is -2.41. The summed E-state index contributed by atoms with van der Waals surface area (Å²) in [6.45, 7) is 13.4. The number of fused-ring (bicyclic) bond motifs is 1. The van der Waals surface area contributed by atoms with Crippen LogP contribution in [0.2, 0.25) is 0 Å². The number of ether oxygens (including phenoxy) is 2. The minimum atomic E-state index is -1.13. The zero-order chi connectivity index (χ0) is 39.7. The minimum Gasteiger partial charge on any atom is -0.480 e. The molecule has 0 aromatic heterocycles. The van der Waals surface area contributed by atoms with E-state index in [4.69, 9.17) is 9.47 Å². The number of hydrogen-bond acceptors (Lipinski definition) is 8. The highest BCUT2D eigenvalue weighted by molar-refractivity contribution is 5.90. The van der Waals surface area contributed by atoms with Crippen LogP contribution in [0.25, 0.3) is 0 Å². The number of benzene rings is 1. The molecule has 0 spiro atoms. The predicted octanol–water partition coefficient (Wildman–Crippen LogP) is 3.10. The van der Waals surface area contributed by atoms with E-state index in [1.54, 1.807) is 33.0 Å². The molecule has 53 heavy (non-hydrogen) atoms. The second-order valence-corrected chi connectivity index (χ2v) is 15.8. The van der Waals surface area contributed by atoms with Gasteiger partial charge in [0.2, 0.25) is 23.6 Å². The second kappa shape index (κ2) is 19.7. The van der Waals surface area contributed by atoms with E-state index in [9.17, 15) is 29.1 Å². The van der Waals surface area contributed by atoms with Gasteiger partial charge in [0.15, 0.2) is 0 Å². The Hall–Kier alpha value is -3.55. The van der Waals surface area contributed by atoms with Gasteiger partial charge >= 0.3 is 5.97 Å². The molecule has 11 atom stereocenters. The molecule has 1 aromatic rings. The van der Waals surface area contributed by atoms with Crippen LogP contribution in [0.5, 0.6) is 0 Å². The average Bonchev–Trinajstić information content (AvgIpc) is 3.78. The molecule has 4 amide bonds. The molecular weight excluding hydrogens is 678 g/mol. The molecule has 2 fully saturated rings. The number of hydrogen-bond donors (Lipinski definition) is 4. The number of amides is 4. The van der Waals surface area contributed by atoms with Crippen molar-refractivity contribution >= 4 is 29.6 Å². The number of likely N-dealkylation sites (N-methyl/N-ethyl adjacent to an activating group) is 2. The lowest BCUT2D eigenvalue weighted by Crippen LogP contribution is -2.59. The topological polar surface area (TPSA) is 167 Å². The molecule has 298 valence electrons. The van der Waals surface area contributed by atoms with E-state index in [1.165, 1.54) is 7.11 Å². The molecule has 2 aliphatic rings. The Bertz CT molecular complexity index is 1390. The molecule has 13 nitrogen and oxygen atoms in total. The first-order valence-electron chi connectivity index (χ1n) is 19.2. The van der Waals surface area contributed by atoms with Crippen molar-refractivity contribution in [1.82, 2.24) is 25.8 Å². The number of aliphatic carboxylic acids is 1. The van der Waals surface area contributed by atoms with E-state index in [-0.39, 0.29) is 54.4 Å². The minimum absolute atomic E-state index is 0.00586. The molecule has 13 heteroatoms. The molecule has 1 unspecified atom stereocenters. The van der Waals surface area contributed by atoms with Crippen molar-refractivity contribution in [3.8, 4) is 0 Å². The van der Waals surface area contributed by atoms with E-state index < -0.39 is 60.2 Å². The van der Waals surface area contributed by atoms with Gasteiger partial charge in [-0.1, -0.05) is 85.2 Å². The summed E-state index contributed by atoms with van der Waals surface area (Å²) in [6, 6.07) is 5.92. The monoisotopic (exact) mass is 743 g/mol. The summed E-state index contributed by atoms with van der Waals surface area (Å²) in [4.78, 5) is 70.9. The number of carbonyl (C=O) groups is 5. The maximum absolute atomic E-state index is 14.4. The van der Waals surface area contributed by atoms with Crippen LogP contribution in [0.3, 0.4) is 0 Å². The lowest BCUT2D eigenvalue weighted by molar-refractivity contribution is -0.149. The second-order valence-electron chi connectivity index (χ2n) is 15.8. The third kappa shape index (κ3) is 10.8. The first kappa shape index (κ1) is 43.9. The Morgan fingerprint density at radius 2 is 1.53 bits per heavy atom. The first-order valence-corrected chi connectivity index (χ1v) is 19.2. The Morgan fingerprint density at radius 1 is 0.906 bits per heavy atom. The number of methoxy groups -OCH3 is 2. The summed E-state index contributed by atoms with van der Waals surface area (Å²) in [7, 11) is 6.51. The van der Waals surface area contributed by atoms with Gasteiger partial charge in [-0.05, 0) is 49.1 Å². The summed E-state index contributed by atoms with van der Waals surface area (Å²) in [6.07, 6.45) is 1.08. The van der Waals surface area contributed by atoms with Crippen LogP contribution < -0.4 is 16.0 Å². The molecule has 4 N–H and O–H groups in total. The van der Waals surface area contributed by atoms with Gasteiger partial charge in [0.05, 0.1) is 42.7 Å². The number of carboxylic acid groups (broad SMARTS) is 1. The smallest absolute Gasteiger partial charge is 0.326 e. The standard InChI is InChI=1S/C40H65N5O8/c1-12-24(6)35(44(9)39(49)34(23(4)5)43-38(48)33(41-8)22(2)3)31(52-10)21-32(46)45-29-19-27(29)20-30(45)36(53-11)25(7)37(47)42-28(40(50)51)18-26-16-14-13-15-17-26/h13-17,22-25,27-31,33-36,41H,12,18-21H2,1-11H3,(H,42,47)(H,43,48)(H,50,51)/t24-,25+,27-,28-,29-,30-,31+,33-,34-,35-,36?/m0/s1. The molecular formula is C40H65N5O8. The van der Waals surface area contributed by atoms with E-state index in [1.807, 2.05) is 76.8 Å². The zero-order valence-electron chi connectivity index (χ0n) is 33.6. The fourth-order valence-corrected chi connectivity index (χ4v) is 8.10. The van der Waals surface area contributed by atoms with Crippen molar-refractivity contribution in [2.75, 3.05) is 28.3 Å². The largest absolute Gasteiger partial charge is 0.480 e. The quantitative estimate of drug-likeness (QED) is 0.148. The van der Waals surface area contributed by atoms with Gasteiger partial charge in [0, 0.05) is 33.7 Å². The molecule has 0 radical (unpaired) electrons. The predicted molar refractivity (Wildman–Crippen MR) is 203 cm³/mol. The maximum atomic E-state index is 14.4. The number of likely N-dealkylation sites (tertiary alicyclic amines) is 1. The van der Waals surface area contributed by atoms with E-state index >= 15 is 0 Å². The highest BCUT2D eigenvalue weighted by Gasteiger charge is 2.57. The van der Waals surface area contributed by atoms with Crippen LogP contribution >= 0.6 is 0 Å². The summed E-state index contributed by atoms with van der Waals surface area (Å²) in [5.41, 5.74) is 0.789. The van der Waals surface area contributed by atoms with Gasteiger partial charge in [-0.2, -0.15) is 0 Å². The Kier molecular flexibility index (Phi) is 16.3.